The third-order valence-corrected chi connectivity index (χ3v) is 12.3. The molecule has 4 aromatic heterocycles. The highest BCUT2D eigenvalue weighted by Crippen LogP contribution is 2.46. The Kier molecular flexibility index (Phi) is 7.80. The number of furan rings is 1. The molecule has 0 atom stereocenters. The number of nitrogens with zero attached hydrogens (tertiary/aromatic N) is 5. The van der Waals surface area contributed by atoms with Gasteiger partial charge in [0.15, 0.2) is 17.5 Å². The van der Waals surface area contributed by atoms with Gasteiger partial charge in [-0.2, -0.15) is 0 Å². The van der Waals surface area contributed by atoms with Gasteiger partial charge in [-0.1, -0.05) is 152 Å². The van der Waals surface area contributed by atoms with Crippen LogP contribution < -0.4 is 0 Å². The van der Waals surface area contributed by atoms with E-state index in [0.717, 1.165) is 88.5 Å². The molecular weight excluding hydrogens is 771 g/mol. The minimum Gasteiger partial charge on any atom is -0.455 e. The Morgan fingerprint density at radius 1 is 0.333 bits per heavy atom. The monoisotopic (exact) mass is 805 g/mol. The summed E-state index contributed by atoms with van der Waals surface area (Å²) < 4.78 is 11.6. The van der Waals surface area contributed by atoms with E-state index in [1.807, 2.05) is 66.7 Å². The summed E-state index contributed by atoms with van der Waals surface area (Å²) in [6, 6.07) is 74.4. The average molecular weight is 806 g/mol. The van der Waals surface area contributed by atoms with Crippen LogP contribution in [0.1, 0.15) is 0 Å². The van der Waals surface area contributed by atoms with Crippen LogP contribution in [-0.2, 0) is 0 Å². The van der Waals surface area contributed by atoms with Gasteiger partial charge >= 0.3 is 0 Å². The van der Waals surface area contributed by atoms with Crippen LogP contribution in [-0.4, -0.2) is 24.1 Å². The Hall–Kier alpha value is -8.61. The maximum atomic E-state index is 6.85. The smallest absolute Gasteiger partial charge is 0.164 e. The van der Waals surface area contributed by atoms with Crippen LogP contribution in [0, 0.1) is 0 Å². The van der Waals surface area contributed by atoms with E-state index in [1.54, 1.807) is 0 Å². The molecule has 294 valence electrons. The molecule has 0 radical (unpaired) electrons. The topological polar surface area (TPSA) is 61.7 Å². The van der Waals surface area contributed by atoms with Gasteiger partial charge < -0.3 is 13.6 Å². The van der Waals surface area contributed by atoms with Crippen molar-refractivity contribution in [2.75, 3.05) is 0 Å². The van der Waals surface area contributed by atoms with E-state index in [4.69, 9.17) is 19.4 Å². The third kappa shape index (κ3) is 5.55. The van der Waals surface area contributed by atoms with Crippen molar-refractivity contribution in [2.24, 2.45) is 0 Å². The zero-order chi connectivity index (χ0) is 41.4. The molecule has 0 aliphatic heterocycles. The lowest BCUT2D eigenvalue weighted by atomic mass is 9.97. The van der Waals surface area contributed by atoms with Gasteiger partial charge in [0.1, 0.15) is 11.2 Å². The van der Waals surface area contributed by atoms with Crippen molar-refractivity contribution in [3.63, 3.8) is 0 Å². The molecule has 0 N–H and O–H groups in total. The molecule has 0 amide bonds. The number of hydrogen-bond acceptors (Lipinski definition) is 4. The van der Waals surface area contributed by atoms with Crippen molar-refractivity contribution in [2.45, 2.75) is 0 Å². The highest BCUT2D eigenvalue weighted by molar-refractivity contribution is 6.27. The summed E-state index contributed by atoms with van der Waals surface area (Å²) in [4.78, 5) is 15.2. The van der Waals surface area contributed by atoms with Gasteiger partial charge in [-0.25, -0.2) is 15.0 Å². The second-order valence-corrected chi connectivity index (χ2v) is 16.0. The first-order valence-corrected chi connectivity index (χ1v) is 21.2. The normalized spacial score (nSPS) is 11.8. The van der Waals surface area contributed by atoms with E-state index >= 15 is 0 Å². The first kappa shape index (κ1) is 35.2. The van der Waals surface area contributed by atoms with Crippen LogP contribution in [0.2, 0.25) is 0 Å². The lowest BCUT2D eigenvalue weighted by Crippen LogP contribution is -2.01. The average Bonchev–Trinajstić information content (AvgIpc) is 4.02. The molecule has 0 aliphatic carbocycles. The maximum absolute atomic E-state index is 6.85. The molecule has 13 rings (SSSR count). The SMILES string of the molecule is c1ccc(-c2nc(-c3ccccc3)nc(-c3cccc(-n4c5ccccc5c5c6oc7ccccc7c6cc(-c6ccc7c(c6)c6ccccc6n7-c6ccccc6)c54)c3)n2)cc1. The van der Waals surface area contributed by atoms with E-state index < -0.39 is 0 Å². The van der Waals surface area contributed by atoms with Crippen molar-refractivity contribution in [1.82, 2.24) is 24.1 Å². The highest BCUT2D eigenvalue weighted by atomic mass is 16.3. The molecule has 0 fully saturated rings. The lowest BCUT2D eigenvalue weighted by molar-refractivity contribution is 0.673. The molecule has 6 nitrogen and oxygen atoms in total. The molecule has 9 aromatic carbocycles. The van der Waals surface area contributed by atoms with Crippen LogP contribution in [0.4, 0.5) is 0 Å². The molecule has 0 unspecified atom stereocenters. The molecule has 4 heterocycles. The van der Waals surface area contributed by atoms with Crippen LogP contribution >= 0.6 is 0 Å². The van der Waals surface area contributed by atoms with E-state index in [2.05, 4.69) is 155 Å². The standard InChI is InChI=1S/C57H35N5O/c1-4-17-36(18-5-1)55-58-56(37-19-6-2-7-20-37)60-57(59-55)39-21-16-24-41(33-39)62-49-29-14-11-27-44(49)52-53(62)45(35-47-43-26-12-15-30-51(43)63-54(47)52)38-31-32-50-46(34-38)42-25-10-13-28-48(42)61(50)40-22-8-3-9-23-40/h1-35H. The summed E-state index contributed by atoms with van der Waals surface area (Å²) in [6.07, 6.45) is 0. The Bertz CT molecular complexity index is 3850. The number of fused-ring (bicyclic) bond motifs is 10. The molecule has 0 saturated carbocycles. The Morgan fingerprint density at radius 3 is 1.59 bits per heavy atom. The van der Waals surface area contributed by atoms with Crippen LogP contribution in [0.15, 0.2) is 217 Å². The summed E-state index contributed by atoms with van der Waals surface area (Å²) in [7, 11) is 0. The number of aromatic nitrogens is 5. The van der Waals surface area contributed by atoms with Gasteiger partial charge in [-0.15, -0.1) is 0 Å². The van der Waals surface area contributed by atoms with Crippen LogP contribution in [0.3, 0.4) is 0 Å². The first-order valence-electron chi connectivity index (χ1n) is 21.2. The van der Waals surface area contributed by atoms with Crippen molar-refractivity contribution in [3.8, 4) is 56.7 Å². The first-order chi connectivity index (χ1) is 31.2. The molecule has 0 saturated heterocycles. The highest BCUT2D eigenvalue weighted by Gasteiger charge is 2.24. The van der Waals surface area contributed by atoms with Crippen molar-refractivity contribution >= 4 is 65.6 Å². The van der Waals surface area contributed by atoms with Gasteiger partial charge in [0.05, 0.1) is 27.5 Å². The zero-order valence-electron chi connectivity index (χ0n) is 33.9. The number of benzene rings is 9. The van der Waals surface area contributed by atoms with Gasteiger partial charge in [0.25, 0.3) is 0 Å². The molecule has 63 heavy (non-hydrogen) atoms. The largest absolute Gasteiger partial charge is 0.455 e. The summed E-state index contributed by atoms with van der Waals surface area (Å²) >= 11 is 0. The second-order valence-electron chi connectivity index (χ2n) is 16.0. The summed E-state index contributed by atoms with van der Waals surface area (Å²) in [5.74, 6) is 1.85. The van der Waals surface area contributed by atoms with Crippen molar-refractivity contribution in [3.05, 3.63) is 212 Å². The second kappa shape index (κ2) is 14.0. The van der Waals surface area contributed by atoms with E-state index in [1.165, 1.54) is 16.3 Å². The van der Waals surface area contributed by atoms with Crippen molar-refractivity contribution < 1.29 is 4.42 Å². The summed E-state index contributed by atoms with van der Waals surface area (Å²) in [6.45, 7) is 0. The number of para-hydroxylation sites is 4. The van der Waals surface area contributed by atoms with E-state index in [0.29, 0.717) is 17.5 Å². The maximum Gasteiger partial charge on any atom is 0.164 e. The minimum atomic E-state index is 0.602. The number of rotatable bonds is 6. The summed E-state index contributed by atoms with van der Waals surface area (Å²) in [5, 5.41) is 6.77. The predicted octanol–water partition coefficient (Wildman–Crippen LogP) is 14.6. The predicted molar refractivity (Wildman–Crippen MR) is 258 cm³/mol. The van der Waals surface area contributed by atoms with Gasteiger partial charge in [-0.05, 0) is 66.2 Å². The van der Waals surface area contributed by atoms with Gasteiger partial charge in [0, 0.05) is 60.6 Å². The molecule has 0 spiro atoms. The Morgan fingerprint density at radius 2 is 0.873 bits per heavy atom. The quantitative estimate of drug-likeness (QED) is 0.168. The molecular formula is C57H35N5O. The Labute approximate surface area is 361 Å². The summed E-state index contributed by atoms with van der Waals surface area (Å²) in [5.41, 5.74) is 13.3. The van der Waals surface area contributed by atoms with Crippen LogP contribution in [0.5, 0.6) is 0 Å². The fraction of sp³-hybridized carbons (Fsp3) is 0. The van der Waals surface area contributed by atoms with E-state index in [-0.39, 0.29) is 0 Å². The fourth-order valence-electron chi connectivity index (χ4n) is 9.54. The minimum absolute atomic E-state index is 0.602. The molecule has 13 aromatic rings. The molecule has 0 aliphatic rings. The zero-order valence-corrected chi connectivity index (χ0v) is 33.9. The van der Waals surface area contributed by atoms with Gasteiger partial charge in [-0.3, -0.25) is 0 Å². The molecule has 0 bridgehead atoms. The lowest BCUT2D eigenvalue weighted by Gasteiger charge is -2.14. The Balaban J connectivity index is 1.10. The third-order valence-electron chi connectivity index (χ3n) is 12.3. The fourth-order valence-corrected chi connectivity index (χ4v) is 9.54. The van der Waals surface area contributed by atoms with E-state index in [9.17, 15) is 0 Å². The molecule has 6 heteroatoms. The van der Waals surface area contributed by atoms with Crippen LogP contribution in [0.25, 0.3) is 122 Å². The van der Waals surface area contributed by atoms with Gasteiger partial charge in [0.2, 0.25) is 0 Å². The van der Waals surface area contributed by atoms with Crippen molar-refractivity contribution in [1.29, 1.82) is 0 Å². The number of hydrogen-bond donors (Lipinski definition) is 0.